The van der Waals surface area contributed by atoms with Crippen LogP contribution in [0.25, 0.3) is 0 Å². The fraction of sp³-hybridized carbons (Fsp3) is 0.600. The van der Waals surface area contributed by atoms with Crippen LogP contribution in [0.5, 0.6) is 0 Å². The molecule has 0 aliphatic carbocycles. The minimum Gasteiger partial charge on any atom is -0.376 e. The molecule has 0 radical (unpaired) electrons. The van der Waals surface area contributed by atoms with Crippen LogP contribution in [0.1, 0.15) is 31.4 Å². The van der Waals surface area contributed by atoms with Gasteiger partial charge < -0.3 is 15.0 Å². The average molecular weight is 327 g/mol. The second-order valence-electron chi connectivity index (χ2n) is 5.24. The number of benzene rings is 1. The highest BCUT2D eigenvalue weighted by Crippen LogP contribution is 2.29. The van der Waals surface area contributed by atoms with Gasteiger partial charge in [-0.3, -0.25) is 0 Å². The van der Waals surface area contributed by atoms with E-state index in [2.05, 4.69) is 58.3 Å². The molecular weight excluding hydrogens is 304 g/mol. The van der Waals surface area contributed by atoms with Crippen LogP contribution < -0.4 is 10.2 Å². The summed E-state index contributed by atoms with van der Waals surface area (Å²) in [5.74, 6) is 0. The molecule has 0 saturated carbocycles. The predicted molar refractivity (Wildman–Crippen MR) is 83.9 cm³/mol. The quantitative estimate of drug-likeness (QED) is 0.898. The summed E-state index contributed by atoms with van der Waals surface area (Å²) in [6.45, 7) is 4.04. The first-order valence-electron chi connectivity index (χ1n) is 6.91. The first-order valence-corrected chi connectivity index (χ1v) is 7.70. The fourth-order valence-corrected chi connectivity index (χ4v) is 3.16. The Morgan fingerprint density at radius 2 is 2.32 bits per heavy atom. The van der Waals surface area contributed by atoms with Gasteiger partial charge in [0, 0.05) is 30.7 Å². The zero-order valence-electron chi connectivity index (χ0n) is 11.9. The zero-order valence-corrected chi connectivity index (χ0v) is 13.5. The topological polar surface area (TPSA) is 24.5 Å². The normalized spacial score (nSPS) is 20.5. The predicted octanol–water partition coefficient (Wildman–Crippen LogP) is 3.34. The number of ether oxygens (including phenoxy) is 1. The summed E-state index contributed by atoms with van der Waals surface area (Å²) in [5, 5.41) is 3.26. The van der Waals surface area contributed by atoms with Crippen molar-refractivity contribution in [2.75, 3.05) is 32.1 Å². The van der Waals surface area contributed by atoms with E-state index in [1.165, 1.54) is 24.1 Å². The molecule has 1 N–H and O–H groups in total. The highest BCUT2D eigenvalue weighted by molar-refractivity contribution is 9.10. The lowest BCUT2D eigenvalue weighted by atomic mass is 10.1. The van der Waals surface area contributed by atoms with Gasteiger partial charge in [-0.2, -0.15) is 0 Å². The molecule has 1 heterocycles. The average Bonchev–Trinajstić information content (AvgIpc) is 2.90. The summed E-state index contributed by atoms with van der Waals surface area (Å²) in [6.07, 6.45) is 2.75. The third-order valence-corrected chi connectivity index (χ3v) is 4.45. The Hall–Kier alpha value is -0.580. The van der Waals surface area contributed by atoms with Crippen LogP contribution in [0.3, 0.4) is 0 Å². The standard InChI is InChI=1S/C15H23BrN2O/c1-11(17-2)12-6-7-15(14(16)9-12)18(3)10-13-5-4-8-19-13/h6-7,9,11,13,17H,4-5,8,10H2,1-3H3. The molecule has 2 unspecified atom stereocenters. The van der Waals surface area contributed by atoms with Gasteiger partial charge >= 0.3 is 0 Å². The van der Waals surface area contributed by atoms with Crippen molar-refractivity contribution in [3.05, 3.63) is 28.2 Å². The van der Waals surface area contributed by atoms with Crippen molar-refractivity contribution in [3.8, 4) is 0 Å². The van der Waals surface area contributed by atoms with Gasteiger partial charge in [-0.1, -0.05) is 6.07 Å². The maximum Gasteiger partial charge on any atom is 0.0750 e. The van der Waals surface area contributed by atoms with E-state index in [4.69, 9.17) is 4.74 Å². The summed E-state index contributed by atoms with van der Waals surface area (Å²) in [5.41, 5.74) is 2.52. The van der Waals surface area contributed by atoms with Crippen LogP contribution in [-0.2, 0) is 4.74 Å². The summed E-state index contributed by atoms with van der Waals surface area (Å²) in [4.78, 5) is 2.27. The number of nitrogens with zero attached hydrogens (tertiary/aromatic N) is 1. The molecule has 4 heteroatoms. The molecule has 2 rings (SSSR count). The highest BCUT2D eigenvalue weighted by atomic mass is 79.9. The van der Waals surface area contributed by atoms with Crippen LogP contribution in [0.15, 0.2) is 22.7 Å². The largest absolute Gasteiger partial charge is 0.376 e. The van der Waals surface area contributed by atoms with Gasteiger partial charge in [0.1, 0.15) is 0 Å². The fourth-order valence-electron chi connectivity index (χ4n) is 2.46. The molecular formula is C15H23BrN2O. The van der Waals surface area contributed by atoms with Crippen LogP contribution in [0.2, 0.25) is 0 Å². The van der Waals surface area contributed by atoms with Crippen molar-refractivity contribution in [3.63, 3.8) is 0 Å². The van der Waals surface area contributed by atoms with Crippen molar-refractivity contribution in [2.24, 2.45) is 0 Å². The third kappa shape index (κ3) is 3.71. The van der Waals surface area contributed by atoms with Crippen molar-refractivity contribution < 1.29 is 4.74 Å². The van der Waals surface area contributed by atoms with E-state index < -0.39 is 0 Å². The van der Waals surface area contributed by atoms with Crippen molar-refractivity contribution in [1.29, 1.82) is 0 Å². The second-order valence-corrected chi connectivity index (χ2v) is 6.09. The van der Waals surface area contributed by atoms with E-state index in [1.54, 1.807) is 0 Å². The molecule has 3 nitrogen and oxygen atoms in total. The lowest BCUT2D eigenvalue weighted by Crippen LogP contribution is -2.28. The summed E-state index contributed by atoms with van der Waals surface area (Å²) in [7, 11) is 4.11. The first-order chi connectivity index (χ1) is 9.11. The third-order valence-electron chi connectivity index (χ3n) is 3.82. The van der Waals surface area contributed by atoms with Gasteiger partial charge in [-0.05, 0) is 60.4 Å². The van der Waals surface area contributed by atoms with Crippen LogP contribution in [-0.4, -0.2) is 33.4 Å². The monoisotopic (exact) mass is 326 g/mol. The molecule has 2 atom stereocenters. The molecule has 0 amide bonds. The number of hydrogen-bond acceptors (Lipinski definition) is 3. The Balaban J connectivity index is 2.06. The lowest BCUT2D eigenvalue weighted by molar-refractivity contribution is 0.116. The van der Waals surface area contributed by atoms with Crippen molar-refractivity contribution in [1.82, 2.24) is 5.32 Å². The highest BCUT2D eigenvalue weighted by Gasteiger charge is 2.18. The molecule has 0 aromatic heterocycles. The van der Waals surface area contributed by atoms with Gasteiger partial charge in [-0.25, -0.2) is 0 Å². The molecule has 0 bridgehead atoms. The van der Waals surface area contributed by atoms with Crippen LogP contribution in [0.4, 0.5) is 5.69 Å². The number of likely N-dealkylation sites (N-methyl/N-ethyl adjacent to an activating group) is 1. The van der Waals surface area contributed by atoms with Gasteiger partial charge in [0.25, 0.3) is 0 Å². The van der Waals surface area contributed by atoms with Crippen LogP contribution in [0, 0.1) is 0 Å². The summed E-state index contributed by atoms with van der Waals surface area (Å²) >= 11 is 3.68. The minimum absolute atomic E-state index is 0.369. The Bertz CT molecular complexity index is 419. The molecule has 19 heavy (non-hydrogen) atoms. The molecule has 1 aromatic rings. The second kappa shape index (κ2) is 6.73. The Labute approximate surface area is 124 Å². The zero-order chi connectivity index (χ0) is 13.8. The Morgan fingerprint density at radius 1 is 1.53 bits per heavy atom. The molecule has 106 valence electrons. The molecule has 1 aliphatic rings. The Kier molecular flexibility index (Phi) is 5.25. The van der Waals surface area contributed by atoms with Crippen LogP contribution >= 0.6 is 15.9 Å². The number of anilines is 1. The number of hydrogen-bond donors (Lipinski definition) is 1. The van der Waals surface area contributed by atoms with E-state index in [0.29, 0.717) is 12.1 Å². The van der Waals surface area contributed by atoms with E-state index >= 15 is 0 Å². The smallest absolute Gasteiger partial charge is 0.0750 e. The van der Waals surface area contributed by atoms with E-state index in [9.17, 15) is 0 Å². The molecule has 1 aromatic carbocycles. The maximum atomic E-state index is 5.70. The van der Waals surface area contributed by atoms with Crippen molar-refractivity contribution in [2.45, 2.75) is 31.9 Å². The first kappa shape index (κ1) is 14.8. The molecule has 1 fully saturated rings. The van der Waals surface area contributed by atoms with Gasteiger partial charge in [0.2, 0.25) is 0 Å². The maximum absolute atomic E-state index is 5.70. The molecule has 0 spiro atoms. The van der Waals surface area contributed by atoms with E-state index in [-0.39, 0.29) is 0 Å². The molecule has 1 saturated heterocycles. The summed E-state index contributed by atoms with van der Waals surface area (Å²) in [6, 6.07) is 6.94. The van der Waals surface area contributed by atoms with Crippen molar-refractivity contribution >= 4 is 21.6 Å². The van der Waals surface area contributed by atoms with E-state index in [0.717, 1.165) is 17.6 Å². The molecule has 1 aliphatic heterocycles. The SMILES string of the molecule is CNC(C)c1ccc(N(C)CC2CCCO2)c(Br)c1. The number of rotatable bonds is 5. The van der Waals surface area contributed by atoms with Gasteiger partial charge in [0.15, 0.2) is 0 Å². The number of nitrogens with one attached hydrogen (secondary N) is 1. The summed E-state index contributed by atoms with van der Waals surface area (Å²) < 4.78 is 6.84. The lowest BCUT2D eigenvalue weighted by Gasteiger charge is -2.24. The van der Waals surface area contributed by atoms with Gasteiger partial charge in [0.05, 0.1) is 11.8 Å². The van der Waals surface area contributed by atoms with Gasteiger partial charge in [-0.15, -0.1) is 0 Å². The number of halogens is 1. The van der Waals surface area contributed by atoms with E-state index in [1.807, 2.05) is 7.05 Å². The Morgan fingerprint density at radius 3 is 2.89 bits per heavy atom. The minimum atomic E-state index is 0.369.